The van der Waals surface area contributed by atoms with E-state index in [1.165, 1.54) is 19.4 Å². The molecule has 0 aromatic heterocycles. The molecule has 1 unspecified atom stereocenters. The Balaban J connectivity index is 2.08. The van der Waals surface area contributed by atoms with E-state index in [0.717, 1.165) is 38.8 Å². The maximum absolute atomic E-state index is 6.59. The van der Waals surface area contributed by atoms with Gasteiger partial charge in [0, 0.05) is 19.5 Å². The molecule has 2 fully saturated rings. The van der Waals surface area contributed by atoms with Gasteiger partial charge in [-0.3, -0.25) is 5.32 Å². The summed E-state index contributed by atoms with van der Waals surface area (Å²) in [6, 6.07) is 0. The highest BCUT2D eigenvalue weighted by Gasteiger charge is 2.43. The molecule has 2 rings (SSSR count). The molecule has 1 spiro atoms. The Kier molecular flexibility index (Phi) is 4.11. The molecule has 2 saturated heterocycles. The molecule has 17 heavy (non-hydrogen) atoms. The van der Waals surface area contributed by atoms with Crippen molar-refractivity contribution in [2.45, 2.75) is 63.7 Å². The molecule has 3 nitrogen and oxygen atoms in total. The Morgan fingerprint density at radius 3 is 2.59 bits per heavy atom. The van der Waals surface area contributed by atoms with Crippen molar-refractivity contribution in [3.8, 4) is 0 Å². The van der Waals surface area contributed by atoms with Gasteiger partial charge in [0.1, 0.15) is 5.72 Å². The SMILES string of the molecule is CCC1(CC)CCNC2(CCCN(C)CC2)O1. The Morgan fingerprint density at radius 1 is 1.12 bits per heavy atom. The Morgan fingerprint density at radius 2 is 1.88 bits per heavy atom. The van der Waals surface area contributed by atoms with Crippen LogP contribution in [0.2, 0.25) is 0 Å². The summed E-state index contributed by atoms with van der Waals surface area (Å²) < 4.78 is 6.59. The molecule has 1 N–H and O–H groups in total. The molecule has 0 bridgehead atoms. The van der Waals surface area contributed by atoms with E-state index >= 15 is 0 Å². The zero-order valence-corrected chi connectivity index (χ0v) is 11.7. The minimum atomic E-state index is -0.0327. The van der Waals surface area contributed by atoms with Gasteiger partial charge < -0.3 is 9.64 Å². The van der Waals surface area contributed by atoms with E-state index in [2.05, 4.69) is 31.1 Å². The highest BCUT2D eigenvalue weighted by atomic mass is 16.5. The van der Waals surface area contributed by atoms with Crippen LogP contribution in [0.15, 0.2) is 0 Å². The third-order valence-corrected chi connectivity index (χ3v) is 4.75. The molecule has 2 heterocycles. The predicted octanol–water partition coefficient (Wildman–Crippen LogP) is 2.37. The van der Waals surface area contributed by atoms with Crippen LogP contribution >= 0.6 is 0 Å². The average molecular weight is 240 g/mol. The molecule has 0 amide bonds. The molecule has 3 heteroatoms. The van der Waals surface area contributed by atoms with Gasteiger partial charge in [-0.1, -0.05) is 13.8 Å². The molecular weight excluding hydrogens is 212 g/mol. The number of likely N-dealkylation sites (tertiary alicyclic amines) is 1. The lowest BCUT2D eigenvalue weighted by Gasteiger charge is -2.48. The minimum Gasteiger partial charge on any atom is -0.354 e. The molecule has 2 aliphatic heterocycles. The fraction of sp³-hybridized carbons (Fsp3) is 1.00. The quantitative estimate of drug-likeness (QED) is 0.802. The first-order chi connectivity index (χ1) is 8.14. The number of hydrogen-bond acceptors (Lipinski definition) is 3. The van der Waals surface area contributed by atoms with Gasteiger partial charge in [0.05, 0.1) is 5.60 Å². The molecule has 1 atom stereocenters. The van der Waals surface area contributed by atoms with Crippen molar-refractivity contribution in [2.75, 3.05) is 26.7 Å². The van der Waals surface area contributed by atoms with E-state index in [9.17, 15) is 0 Å². The van der Waals surface area contributed by atoms with Gasteiger partial charge >= 0.3 is 0 Å². The minimum absolute atomic E-state index is 0.0327. The van der Waals surface area contributed by atoms with Crippen LogP contribution in [0.4, 0.5) is 0 Å². The van der Waals surface area contributed by atoms with Gasteiger partial charge in [0.25, 0.3) is 0 Å². The third kappa shape index (κ3) is 2.83. The smallest absolute Gasteiger partial charge is 0.121 e. The molecule has 2 aliphatic rings. The van der Waals surface area contributed by atoms with Crippen molar-refractivity contribution in [1.29, 1.82) is 0 Å². The topological polar surface area (TPSA) is 24.5 Å². The largest absolute Gasteiger partial charge is 0.354 e. The van der Waals surface area contributed by atoms with Crippen LogP contribution in [-0.4, -0.2) is 42.9 Å². The van der Waals surface area contributed by atoms with Crippen LogP contribution in [0.1, 0.15) is 52.4 Å². The van der Waals surface area contributed by atoms with Gasteiger partial charge in [0.2, 0.25) is 0 Å². The van der Waals surface area contributed by atoms with Crippen molar-refractivity contribution >= 4 is 0 Å². The lowest BCUT2D eigenvalue weighted by molar-refractivity contribution is -0.208. The zero-order chi connectivity index (χ0) is 12.4. The standard InChI is InChI=1S/C14H28N2O/c1-4-13(5-2)8-10-15-14(17-13)7-6-11-16(3)12-9-14/h15H,4-12H2,1-3H3. The number of rotatable bonds is 2. The van der Waals surface area contributed by atoms with Crippen LogP contribution in [0.5, 0.6) is 0 Å². The van der Waals surface area contributed by atoms with Gasteiger partial charge in [-0.2, -0.15) is 0 Å². The van der Waals surface area contributed by atoms with Crippen LogP contribution in [-0.2, 0) is 4.74 Å². The van der Waals surface area contributed by atoms with E-state index in [1.807, 2.05) is 0 Å². The first-order valence-corrected chi connectivity index (χ1v) is 7.27. The summed E-state index contributed by atoms with van der Waals surface area (Å²) in [5.41, 5.74) is 0.100. The summed E-state index contributed by atoms with van der Waals surface area (Å²) in [4.78, 5) is 2.42. The zero-order valence-electron chi connectivity index (χ0n) is 11.7. The Bertz CT molecular complexity index is 253. The predicted molar refractivity (Wildman–Crippen MR) is 71.1 cm³/mol. The molecular formula is C14H28N2O. The van der Waals surface area contributed by atoms with Crippen molar-refractivity contribution < 1.29 is 4.74 Å². The average Bonchev–Trinajstić information content (AvgIpc) is 2.52. The number of nitrogens with one attached hydrogen (secondary N) is 1. The fourth-order valence-electron chi connectivity index (χ4n) is 3.29. The van der Waals surface area contributed by atoms with Crippen LogP contribution in [0.3, 0.4) is 0 Å². The lowest BCUT2D eigenvalue weighted by Crippen LogP contribution is -2.59. The Labute approximate surface area is 106 Å². The van der Waals surface area contributed by atoms with Crippen molar-refractivity contribution in [2.24, 2.45) is 0 Å². The molecule has 0 saturated carbocycles. The van der Waals surface area contributed by atoms with Gasteiger partial charge in [-0.25, -0.2) is 0 Å². The van der Waals surface area contributed by atoms with Crippen LogP contribution in [0, 0.1) is 0 Å². The fourth-order valence-corrected chi connectivity index (χ4v) is 3.29. The maximum Gasteiger partial charge on any atom is 0.121 e. The molecule has 0 aromatic rings. The van der Waals surface area contributed by atoms with Crippen molar-refractivity contribution in [3.05, 3.63) is 0 Å². The second-order valence-corrected chi connectivity index (χ2v) is 5.82. The highest BCUT2D eigenvalue weighted by molar-refractivity contribution is 4.93. The van der Waals surface area contributed by atoms with Crippen molar-refractivity contribution in [3.63, 3.8) is 0 Å². The first kappa shape index (κ1) is 13.3. The molecule has 0 aromatic carbocycles. The number of hydrogen-bond donors (Lipinski definition) is 1. The monoisotopic (exact) mass is 240 g/mol. The van der Waals surface area contributed by atoms with E-state index < -0.39 is 0 Å². The highest BCUT2D eigenvalue weighted by Crippen LogP contribution is 2.37. The van der Waals surface area contributed by atoms with Crippen molar-refractivity contribution in [1.82, 2.24) is 10.2 Å². The second kappa shape index (κ2) is 5.25. The summed E-state index contributed by atoms with van der Waals surface area (Å²) in [5.74, 6) is 0. The summed E-state index contributed by atoms with van der Waals surface area (Å²) in [7, 11) is 2.22. The Hall–Kier alpha value is -0.120. The maximum atomic E-state index is 6.59. The summed E-state index contributed by atoms with van der Waals surface area (Å²) in [5, 5.41) is 3.67. The van der Waals surface area contributed by atoms with Crippen LogP contribution < -0.4 is 5.32 Å². The molecule has 0 radical (unpaired) electrons. The number of nitrogens with zero attached hydrogens (tertiary/aromatic N) is 1. The number of ether oxygens (including phenoxy) is 1. The first-order valence-electron chi connectivity index (χ1n) is 7.27. The third-order valence-electron chi connectivity index (χ3n) is 4.75. The summed E-state index contributed by atoms with van der Waals surface area (Å²) in [6.07, 6.45) is 6.99. The molecule has 100 valence electrons. The normalized spacial score (nSPS) is 34.8. The van der Waals surface area contributed by atoms with E-state index in [0.29, 0.717) is 0 Å². The van der Waals surface area contributed by atoms with E-state index in [1.54, 1.807) is 0 Å². The van der Waals surface area contributed by atoms with Gasteiger partial charge in [-0.05, 0) is 45.7 Å². The summed E-state index contributed by atoms with van der Waals surface area (Å²) in [6.45, 7) is 8.01. The van der Waals surface area contributed by atoms with Gasteiger partial charge in [-0.15, -0.1) is 0 Å². The lowest BCUT2D eigenvalue weighted by atomic mass is 9.88. The van der Waals surface area contributed by atoms with E-state index in [-0.39, 0.29) is 11.3 Å². The second-order valence-electron chi connectivity index (χ2n) is 5.82. The molecule has 0 aliphatic carbocycles. The van der Waals surface area contributed by atoms with E-state index in [4.69, 9.17) is 4.74 Å². The summed E-state index contributed by atoms with van der Waals surface area (Å²) >= 11 is 0. The van der Waals surface area contributed by atoms with Crippen LogP contribution in [0.25, 0.3) is 0 Å². The van der Waals surface area contributed by atoms with Gasteiger partial charge in [0.15, 0.2) is 0 Å².